The van der Waals surface area contributed by atoms with Gasteiger partial charge >= 0.3 is 6.09 Å². The van der Waals surface area contributed by atoms with E-state index in [4.69, 9.17) is 10.5 Å². The van der Waals surface area contributed by atoms with Gasteiger partial charge in [0.15, 0.2) is 21.4 Å². The van der Waals surface area contributed by atoms with Gasteiger partial charge in [0, 0.05) is 36.6 Å². The predicted octanol–water partition coefficient (Wildman–Crippen LogP) is 5.78. The van der Waals surface area contributed by atoms with Crippen LogP contribution in [0.3, 0.4) is 0 Å². The van der Waals surface area contributed by atoms with E-state index < -0.39 is 39.1 Å². The number of nitrogens with two attached hydrogens (primary N) is 1. The molecule has 1 saturated heterocycles. The lowest BCUT2D eigenvalue weighted by Crippen LogP contribution is -2.38. The van der Waals surface area contributed by atoms with Gasteiger partial charge < -0.3 is 25.8 Å². The van der Waals surface area contributed by atoms with E-state index in [-0.39, 0.29) is 22.2 Å². The fourth-order valence-electron chi connectivity index (χ4n) is 5.75. The van der Waals surface area contributed by atoms with Crippen LogP contribution in [0.1, 0.15) is 49.9 Å². The summed E-state index contributed by atoms with van der Waals surface area (Å²) in [5, 5.41) is 13.7. The molecular formula is C33H36FN5O6S. The molecule has 1 aliphatic heterocycles. The second-order valence-corrected chi connectivity index (χ2v) is 13.9. The molecule has 2 heterocycles. The van der Waals surface area contributed by atoms with Gasteiger partial charge in [-0.3, -0.25) is 9.69 Å². The van der Waals surface area contributed by atoms with Crippen LogP contribution >= 0.6 is 0 Å². The van der Waals surface area contributed by atoms with Gasteiger partial charge in [-0.25, -0.2) is 22.6 Å². The molecule has 3 aromatic carbocycles. The topological polar surface area (TPSA) is 155 Å². The number of fused-ring (bicyclic) bond motifs is 1. The molecule has 242 valence electrons. The molecular weight excluding hydrogens is 613 g/mol. The Morgan fingerprint density at radius 3 is 2.59 bits per heavy atom. The molecule has 0 saturated carbocycles. The Morgan fingerprint density at radius 1 is 1.13 bits per heavy atom. The molecule has 1 aliphatic rings. The van der Waals surface area contributed by atoms with Crippen molar-refractivity contribution in [1.82, 2.24) is 9.88 Å². The molecule has 2 atom stereocenters. The minimum absolute atomic E-state index is 0.0397. The number of methoxy groups -OCH3 is 1. The van der Waals surface area contributed by atoms with Crippen molar-refractivity contribution in [3.8, 4) is 5.75 Å². The van der Waals surface area contributed by atoms with Crippen LogP contribution in [0, 0.1) is 5.82 Å². The number of halogens is 1. The minimum atomic E-state index is -3.81. The zero-order valence-electron chi connectivity index (χ0n) is 25.9. The number of carbonyl (C=O) groups excluding carboxylic acids is 1. The first-order valence-electron chi connectivity index (χ1n) is 14.7. The molecule has 0 unspecified atom stereocenters. The Kier molecular flexibility index (Phi) is 9.06. The van der Waals surface area contributed by atoms with Crippen molar-refractivity contribution in [2.45, 2.75) is 48.9 Å². The number of anilines is 3. The number of nitrogens with zero attached hydrogens (tertiary/aromatic N) is 3. The number of carbonyl (C=O) groups is 2. The van der Waals surface area contributed by atoms with Crippen LogP contribution in [0.5, 0.6) is 5.75 Å². The number of hydrogen-bond acceptors (Lipinski definition) is 8. The molecule has 46 heavy (non-hydrogen) atoms. The predicted molar refractivity (Wildman–Crippen MR) is 174 cm³/mol. The highest BCUT2D eigenvalue weighted by Gasteiger charge is 2.38. The van der Waals surface area contributed by atoms with Gasteiger partial charge in [-0.05, 0) is 97.8 Å². The molecule has 0 spiro atoms. The van der Waals surface area contributed by atoms with Crippen LogP contribution in [0.2, 0.25) is 0 Å². The van der Waals surface area contributed by atoms with Crippen molar-refractivity contribution in [1.29, 1.82) is 0 Å². The highest BCUT2D eigenvalue weighted by Crippen LogP contribution is 2.41. The number of pyridine rings is 1. The first-order valence-corrected chi connectivity index (χ1v) is 16.3. The minimum Gasteiger partial charge on any atom is -0.494 e. The van der Waals surface area contributed by atoms with Gasteiger partial charge in [-0.2, -0.15) is 0 Å². The zero-order valence-corrected chi connectivity index (χ0v) is 26.7. The average Bonchev–Trinajstić information content (AvgIpc) is 3.53. The van der Waals surface area contributed by atoms with Gasteiger partial charge in [-0.15, -0.1) is 0 Å². The smallest absolute Gasteiger partial charge is 0.411 e. The number of nitrogens with one attached hydrogen (secondary N) is 1. The lowest BCUT2D eigenvalue weighted by molar-refractivity contribution is -0.133. The Labute approximate surface area is 266 Å². The first kappa shape index (κ1) is 32.5. The number of hydrogen-bond donors (Lipinski definition) is 3. The van der Waals surface area contributed by atoms with Gasteiger partial charge in [0.05, 0.1) is 23.3 Å². The highest BCUT2D eigenvalue weighted by molar-refractivity contribution is 7.92. The van der Waals surface area contributed by atoms with Crippen molar-refractivity contribution in [3.05, 3.63) is 83.8 Å². The normalized spacial score (nSPS) is 15.6. The average molecular weight is 650 g/mol. The molecule has 13 heteroatoms. The van der Waals surface area contributed by atoms with E-state index in [1.807, 2.05) is 6.07 Å². The molecule has 0 aliphatic carbocycles. The van der Waals surface area contributed by atoms with Crippen LogP contribution < -0.4 is 20.7 Å². The number of benzene rings is 3. The van der Waals surface area contributed by atoms with E-state index in [2.05, 4.69) is 10.3 Å². The maximum atomic E-state index is 14.6. The van der Waals surface area contributed by atoms with E-state index in [1.54, 1.807) is 43.1 Å². The van der Waals surface area contributed by atoms with Crippen LogP contribution in [0.25, 0.3) is 10.8 Å². The van der Waals surface area contributed by atoms with E-state index >= 15 is 0 Å². The quantitative estimate of drug-likeness (QED) is 0.205. The van der Waals surface area contributed by atoms with E-state index in [9.17, 15) is 27.5 Å². The number of likely N-dealkylation sites (tertiary alicyclic amines) is 1. The second kappa shape index (κ2) is 12.8. The zero-order chi connectivity index (χ0) is 33.3. The third-order valence-electron chi connectivity index (χ3n) is 8.35. The fraction of sp³-hybridized carbons (Fsp3) is 0.303. The Bertz CT molecular complexity index is 1920. The summed E-state index contributed by atoms with van der Waals surface area (Å²) in [4.78, 5) is 33.1. The summed E-state index contributed by atoms with van der Waals surface area (Å²) in [7, 11) is -1.11. The number of nitrogen functional groups attached to an aromatic ring is 1. The molecule has 0 radical (unpaired) electrons. The monoisotopic (exact) mass is 649 g/mol. The molecule has 0 bridgehead atoms. The standard InChI is InChI=1S/C33H36FN5O6S/c1-19(2)46(43,44)29-12-9-23(38(3)33(41)42)18-25(29)27-6-5-15-39(27)32(40)30(21-7-11-26(34)28(17-21)45-4)37-22-8-10-24-20(16-22)13-14-36-31(24)35/h7-14,16-19,27,30,37H,5-6,15H2,1-4H3,(H2,35,36)(H,41,42)/t27-,30+/m1/s1. The summed E-state index contributed by atoms with van der Waals surface area (Å²) >= 11 is 0. The molecule has 4 N–H and O–H groups in total. The maximum Gasteiger partial charge on any atom is 0.411 e. The van der Waals surface area contributed by atoms with Crippen LogP contribution in [-0.2, 0) is 14.6 Å². The molecule has 1 aromatic heterocycles. The highest BCUT2D eigenvalue weighted by atomic mass is 32.2. The summed E-state index contributed by atoms with van der Waals surface area (Å²) in [6.07, 6.45) is 1.40. The molecule has 11 nitrogen and oxygen atoms in total. The van der Waals surface area contributed by atoms with Crippen LogP contribution in [-0.4, -0.2) is 61.4 Å². The second-order valence-electron chi connectivity index (χ2n) is 11.5. The van der Waals surface area contributed by atoms with Crippen LogP contribution in [0.15, 0.2) is 71.8 Å². The molecule has 4 aromatic rings. The van der Waals surface area contributed by atoms with Crippen molar-refractivity contribution in [2.24, 2.45) is 0 Å². The summed E-state index contributed by atoms with van der Waals surface area (Å²) in [6, 6.07) is 14.1. The van der Waals surface area contributed by atoms with Gasteiger partial charge in [0.2, 0.25) is 5.91 Å². The number of aromatic nitrogens is 1. The molecule has 5 rings (SSSR count). The molecule has 1 fully saturated rings. The summed E-state index contributed by atoms with van der Waals surface area (Å²) < 4.78 is 46.7. The Morgan fingerprint density at radius 2 is 1.89 bits per heavy atom. The fourth-order valence-corrected chi connectivity index (χ4v) is 7.04. The van der Waals surface area contributed by atoms with Gasteiger partial charge in [-0.1, -0.05) is 6.07 Å². The van der Waals surface area contributed by atoms with Crippen molar-refractivity contribution in [2.75, 3.05) is 36.7 Å². The Hall–Kier alpha value is -4.91. The number of amides is 2. The SMILES string of the molecule is COc1cc([C@H](Nc2ccc3c(N)nccc3c2)C(=O)N2CCC[C@@H]2c2cc(N(C)C(=O)O)ccc2S(=O)(=O)C(C)C)ccc1F. The lowest BCUT2D eigenvalue weighted by atomic mass is 10.00. The lowest BCUT2D eigenvalue weighted by Gasteiger charge is -2.32. The number of rotatable bonds is 9. The van der Waals surface area contributed by atoms with Crippen molar-refractivity contribution >= 4 is 49.8 Å². The number of carboxylic acid groups (broad SMARTS) is 1. The summed E-state index contributed by atoms with van der Waals surface area (Å²) in [5.74, 6) is -0.645. The summed E-state index contributed by atoms with van der Waals surface area (Å²) in [5.41, 5.74) is 7.66. The van der Waals surface area contributed by atoms with E-state index in [0.29, 0.717) is 42.0 Å². The third kappa shape index (κ3) is 6.14. The van der Waals surface area contributed by atoms with E-state index in [1.165, 1.54) is 50.6 Å². The van der Waals surface area contributed by atoms with Crippen molar-refractivity contribution < 1.29 is 32.2 Å². The largest absolute Gasteiger partial charge is 0.494 e. The molecule has 2 amide bonds. The summed E-state index contributed by atoms with van der Waals surface area (Å²) in [6.45, 7) is 3.46. The third-order valence-corrected chi connectivity index (χ3v) is 10.6. The van der Waals surface area contributed by atoms with Gasteiger partial charge in [0.25, 0.3) is 0 Å². The van der Waals surface area contributed by atoms with E-state index in [0.717, 1.165) is 15.7 Å². The first-order chi connectivity index (χ1) is 21.8. The Balaban J connectivity index is 1.61. The van der Waals surface area contributed by atoms with Crippen LogP contribution in [0.4, 0.5) is 26.4 Å². The van der Waals surface area contributed by atoms with Gasteiger partial charge in [0.1, 0.15) is 11.9 Å². The maximum absolute atomic E-state index is 14.6. The number of sulfone groups is 1. The number of ether oxygens (including phenoxy) is 1. The van der Waals surface area contributed by atoms with Crippen molar-refractivity contribution in [3.63, 3.8) is 0 Å².